The van der Waals surface area contributed by atoms with Crippen molar-refractivity contribution in [3.63, 3.8) is 0 Å². The zero-order valence-corrected chi connectivity index (χ0v) is 12.8. The Bertz CT molecular complexity index is 836. The van der Waals surface area contributed by atoms with Crippen LogP contribution in [0.1, 0.15) is 24.0 Å². The van der Waals surface area contributed by atoms with Gasteiger partial charge >= 0.3 is 0 Å². The van der Waals surface area contributed by atoms with E-state index >= 15 is 0 Å². The Hall–Kier alpha value is -2.75. The fraction of sp³-hybridized carbons (Fsp3) is 0.158. The zero-order valence-electron chi connectivity index (χ0n) is 12.8. The molecule has 1 aliphatic carbocycles. The number of benzene rings is 2. The van der Waals surface area contributed by atoms with Crippen molar-refractivity contribution in [3.05, 3.63) is 71.0 Å². The number of halogens is 1. The van der Waals surface area contributed by atoms with Crippen molar-refractivity contribution >= 4 is 17.1 Å². The van der Waals surface area contributed by atoms with Crippen molar-refractivity contribution < 1.29 is 18.7 Å². The van der Waals surface area contributed by atoms with E-state index in [1.54, 1.807) is 37.3 Å². The molecule has 116 valence electrons. The van der Waals surface area contributed by atoms with Gasteiger partial charge in [-0.05, 0) is 30.7 Å². The largest absolute Gasteiger partial charge is 0.497 e. The first kappa shape index (κ1) is 15.2. The molecule has 1 unspecified atom stereocenters. The molecule has 1 atom stereocenters. The summed E-state index contributed by atoms with van der Waals surface area (Å²) in [6.07, 6.45) is 0. The van der Waals surface area contributed by atoms with Gasteiger partial charge in [-0.2, -0.15) is 0 Å². The highest BCUT2D eigenvalue weighted by Crippen LogP contribution is 2.39. The molecule has 0 spiro atoms. The summed E-state index contributed by atoms with van der Waals surface area (Å²) in [7, 11) is 1.53. The third-order valence-corrected chi connectivity index (χ3v) is 4.09. The maximum atomic E-state index is 14.0. The predicted octanol–water partition coefficient (Wildman–Crippen LogP) is 3.54. The molecule has 0 aliphatic heterocycles. The Morgan fingerprint density at radius 3 is 2.43 bits per heavy atom. The van der Waals surface area contributed by atoms with E-state index in [4.69, 9.17) is 4.74 Å². The fourth-order valence-electron chi connectivity index (χ4n) is 2.92. The molecule has 0 saturated carbocycles. The van der Waals surface area contributed by atoms with Crippen LogP contribution < -0.4 is 4.74 Å². The van der Waals surface area contributed by atoms with Gasteiger partial charge in [-0.15, -0.1) is 0 Å². The molecular weight excluding hydrogens is 295 g/mol. The van der Waals surface area contributed by atoms with Gasteiger partial charge in [0.2, 0.25) is 0 Å². The highest BCUT2D eigenvalue weighted by molar-refractivity contribution is 6.42. The van der Waals surface area contributed by atoms with Crippen LogP contribution in [0.3, 0.4) is 0 Å². The molecule has 2 aromatic rings. The van der Waals surface area contributed by atoms with E-state index in [-0.39, 0.29) is 17.1 Å². The number of rotatable bonds is 3. The Morgan fingerprint density at radius 2 is 1.74 bits per heavy atom. The van der Waals surface area contributed by atoms with Gasteiger partial charge in [-0.25, -0.2) is 4.39 Å². The average molecular weight is 310 g/mol. The predicted molar refractivity (Wildman–Crippen MR) is 84.7 cm³/mol. The van der Waals surface area contributed by atoms with Gasteiger partial charge in [0.25, 0.3) is 0 Å². The molecule has 3 nitrogen and oxygen atoms in total. The van der Waals surface area contributed by atoms with E-state index in [9.17, 15) is 14.0 Å². The number of carbonyl (C=O) groups is 2. The monoisotopic (exact) mass is 310 g/mol. The van der Waals surface area contributed by atoms with Crippen molar-refractivity contribution in [1.82, 2.24) is 0 Å². The number of ketones is 2. The lowest BCUT2D eigenvalue weighted by atomic mass is 9.91. The Labute approximate surface area is 133 Å². The highest BCUT2D eigenvalue weighted by atomic mass is 19.1. The van der Waals surface area contributed by atoms with Crippen molar-refractivity contribution in [3.8, 4) is 5.75 Å². The summed E-state index contributed by atoms with van der Waals surface area (Å²) in [5, 5.41) is 0. The molecule has 0 heterocycles. The van der Waals surface area contributed by atoms with Crippen LogP contribution in [0.15, 0.2) is 54.1 Å². The topological polar surface area (TPSA) is 43.4 Å². The minimum atomic E-state index is -1.10. The molecule has 0 amide bonds. The van der Waals surface area contributed by atoms with Gasteiger partial charge in [-0.3, -0.25) is 9.59 Å². The van der Waals surface area contributed by atoms with Crippen LogP contribution in [-0.2, 0) is 9.59 Å². The summed E-state index contributed by atoms with van der Waals surface area (Å²) in [5.41, 5.74) is 1.43. The van der Waals surface area contributed by atoms with Crippen LogP contribution >= 0.6 is 0 Å². The Morgan fingerprint density at radius 1 is 1.00 bits per heavy atom. The number of allylic oxidation sites excluding steroid dienone is 2. The van der Waals surface area contributed by atoms with Gasteiger partial charge in [-0.1, -0.05) is 30.3 Å². The molecule has 1 aliphatic rings. The van der Waals surface area contributed by atoms with Crippen LogP contribution in [0.5, 0.6) is 5.75 Å². The molecule has 0 N–H and O–H groups in total. The average Bonchev–Trinajstić information content (AvgIpc) is 2.78. The first-order chi connectivity index (χ1) is 11.0. The second kappa shape index (κ2) is 5.80. The second-order valence-corrected chi connectivity index (χ2v) is 5.41. The summed E-state index contributed by atoms with van der Waals surface area (Å²) < 4.78 is 19.2. The van der Waals surface area contributed by atoms with Crippen LogP contribution in [0.4, 0.5) is 4.39 Å². The normalized spacial score (nSPS) is 17.8. The summed E-state index contributed by atoms with van der Waals surface area (Å²) in [6.45, 7) is 1.61. The van der Waals surface area contributed by atoms with Gasteiger partial charge < -0.3 is 4.74 Å². The smallest absolute Gasteiger partial charge is 0.179 e. The van der Waals surface area contributed by atoms with Crippen LogP contribution in [0.25, 0.3) is 5.57 Å². The highest BCUT2D eigenvalue weighted by Gasteiger charge is 2.41. The van der Waals surface area contributed by atoms with Gasteiger partial charge in [0.05, 0.1) is 7.11 Å². The quantitative estimate of drug-likeness (QED) is 0.814. The molecule has 0 saturated heterocycles. The van der Waals surface area contributed by atoms with Crippen molar-refractivity contribution in [1.29, 1.82) is 0 Å². The van der Waals surface area contributed by atoms with E-state index in [2.05, 4.69) is 0 Å². The lowest BCUT2D eigenvalue weighted by molar-refractivity contribution is -0.122. The number of Topliss-reactive ketones (excluding diaryl/α,β-unsaturated/α-hetero) is 2. The first-order valence-corrected chi connectivity index (χ1v) is 7.22. The standard InChI is InChI=1S/C19H15FO3/c1-11-16(12-6-5-7-13(10-12)23-2)19(22)17(18(11)21)14-8-3-4-9-15(14)20/h3-10,17H,1-2H3. The molecule has 0 radical (unpaired) electrons. The lowest BCUT2D eigenvalue weighted by Gasteiger charge is -2.10. The SMILES string of the molecule is COc1cccc(C2=C(C)C(=O)C(c3ccccc3F)C2=O)c1. The molecule has 0 fully saturated rings. The minimum absolute atomic E-state index is 0.125. The number of methoxy groups -OCH3 is 1. The van der Waals surface area contributed by atoms with Gasteiger partial charge in [0, 0.05) is 16.7 Å². The Kier molecular flexibility index (Phi) is 3.82. The summed E-state index contributed by atoms with van der Waals surface area (Å²) in [6, 6.07) is 12.9. The lowest BCUT2D eigenvalue weighted by Crippen LogP contribution is -2.16. The maximum Gasteiger partial charge on any atom is 0.179 e. The number of hydrogen-bond acceptors (Lipinski definition) is 3. The molecule has 4 heteroatoms. The van der Waals surface area contributed by atoms with E-state index in [0.717, 1.165) is 0 Å². The summed E-state index contributed by atoms with van der Waals surface area (Å²) in [5.74, 6) is -1.77. The van der Waals surface area contributed by atoms with Crippen LogP contribution in [0.2, 0.25) is 0 Å². The van der Waals surface area contributed by atoms with Crippen molar-refractivity contribution in [2.24, 2.45) is 0 Å². The molecule has 23 heavy (non-hydrogen) atoms. The molecule has 3 rings (SSSR count). The van der Waals surface area contributed by atoms with Crippen LogP contribution in [-0.4, -0.2) is 18.7 Å². The van der Waals surface area contributed by atoms with Gasteiger partial charge in [0.15, 0.2) is 11.6 Å². The van der Waals surface area contributed by atoms with Crippen molar-refractivity contribution in [2.75, 3.05) is 7.11 Å². The number of hydrogen-bond donors (Lipinski definition) is 0. The maximum absolute atomic E-state index is 14.0. The zero-order chi connectivity index (χ0) is 16.6. The number of carbonyl (C=O) groups excluding carboxylic acids is 2. The summed E-state index contributed by atoms with van der Waals surface area (Å²) in [4.78, 5) is 25.3. The van der Waals surface area contributed by atoms with E-state index in [1.807, 2.05) is 0 Å². The fourth-order valence-corrected chi connectivity index (χ4v) is 2.92. The van der Waals surface area contributed by atoms with E-state index in [1.165, 1.54) is 25.3 Å². The van der Waals surface area contributed by atoms with Crippen LogP contribution in [0, 0.1) is 5.82 Å². The molecule has 0 aromatic heterocycles. The first-order valence-electron chi connectivity index (χ1n) is 7.22. The molecular formula is C19H15FO3. The summed E-state index contributed by atoms with van der Waals surface area (Å²) >= 11 is 0. The van der Waals surface area contributed by atoms with Gasteiger partial charge in [0.1, 0.15) is 17.5 Å². The third-order valence-electron chi connectivity index (χ3n) is 4.09. The van der Waals surface area contributed by atoms with E-state index in [0.29, 0.717) is 22.5 Å². The van der Waals surface area contributed by atoms with Crippen molar-refractivity contribution in [2.45, 2.75) is 12.8 Å². The second-order valence-electron chi connectivity index (χ2n) is 5.41. The number of ether oxygens (including phenoxy) is 1. The minimum Gasteiger partial charge on any atom is -0.497 e. The third kappa shape index (κ3) is 2.46. The Balaban J connectivity index is 2.08. The molecule has 2 aromatic carbocycles. The molecule has 0 bridgehead atoms. The van der Waals surface area contributed by atoms with E-state index < -0.39 is 11.7 Å².